The van der Waals surface area contributed by atoms with Crippen molar-refractivity contribution in [3.63, 3.8) is 0 Å². The van der Waals surface area contributed by atoms with Crippen molar-refractivity contribution in [2.75, 3.05) is 0 Å². The molecule has 2 atom stereocenters. The molecule has 0 amide bonds. The van der Waals surface area contributed by atoms with E-state index in [9.17, 15) is 0 Å². The van der Waals surface area contributed by atoms with Gasteiger partial charge in [-0.2, -0.15) is 11.8 Å². The van der Waals surface area contributed by atoms with Crippen LogP contribution in [0.1, 0.15) is 54.4 Å². The summed E-state index contributed by atoms with van der Waals surface area (Å²) in [5.74, 6) is 0. The van der Waals surface area contributed by atoms with Gasteiger partial charge in [-0.25, -0.2) is 0 Å². The molecule has 0 N–H and O–H groups in total. The van der Waals surface area contributed by atoms with E-state index >= 15 is 0 Å². The summed E-state index contributed by atoms with van der Waals surface area (Å²) in [5.41, 5.74) is 1.70. The Morgan fingerprint density at radius 1 is 1.36 bits per heavy atom. The summed E-state index contributed by atoms with van der Waals surface area (Å²) in [7, 11) is 0. The van der Waals surface area contributed by atoms with E-state index in [1.165, 1.54) is 18.4 Å². The minimum atomic E-state index is 0.375. The van der Waals surface area contributed by atoms with Gasteiger partial charge < -0.3 is 0 Å². The molecule has 0 aromatic carbocycles. The van der Waals surface area contributed by atoms with Gasteiger partial charge >= 0.3 is 0 Å². The lowest BCUT2D eigenvalue weighted by atomic mass is 9.83. The summed E-state index contributed by atoms with van der Waals surface area (Å²) in [6.45, 7) is 17.8. The molecule has 1 heteroatoms. The highest BCUT2D eigenvalue weighted by atomic mass is 32.2. The van der Waals surface area contributed by atoms with Gasteiger partial charge in [0.25, 0.3) is 0 Å². The summed E-state index contributed by atoms with van der Waals surface area (Å²) >= 11 is 2.08. The molecule has 0 aliphatic heterocycles. The van der Waals surface area contributed by atoms with Crippen molar-refractivity contribution in [2.24, 2.45) is 5.41 Å². The van der Waals surface area contributed by atoms with Crippen molar-refractivity contribution in [1.82, 2.24) is 0 Å². The van der Waals surface area contributed by atoms with Crippen molar-refractivity contribution in [3.05, 3.63) is 12.2 Å². The molecule has 0 rings (SSSR count). The molecular weight excluding hydrogens is 188 g/mol. The summed E-state index contributed by atoms with van der Waals surface area (Å²) in [6, 6.07) is 0. The number of hydrogen-bond donors (Lipinski definition) is 0. The van der Waals surface area contributed by atoms with Crippen LogP contribution in [0.25, 0.3) is 0 Å². The van der Waals surface area contributed by atoms with Gasteiger partial charge in [0.05, 0.1) is 0 Å². The molecule has 0 aromatic heterocycles. The fourth-order valence-electron chi connectivity index (χ4n) is 1.48. The van der Waals surface area contributed by atoms with E-state index in [1.807, 2.05) is 0 Å². The summed E-state index contributed by atoms with van der Waals surface area (Å²) in [4.78, 5) is 0. The predicted octanol–water partition coefficient (Wildman–Crippen LogP) is 4.90. The highest BCUT2D eigenvalue weighted by molar-refractivity contribution is 8.00. The summed E-state index contributed by atoms with van der Waals surface area (Å²) in [5, 5.41) is 1.34. The molecule has 0 saturated heterocycles. The molecule has 0 fully saturated rings. The molecule has 0 aromatic rings. The van der Waals surface area contributed by atoms with Gasteiger partial charge in [0, 0.05) is 10.5 Å². The normalized spacial score (nSPS) is 16.4. The van der Waals surface area contributed by atoms with E-state index in [0.29, 0.717) is 10.7 Å². The first-order chi connectivity index (χ1) is 6.35. The van der Waals surface area contributed by atoms with Gasteiger partial charge in [-0.05, 0) is 25.2 Å². The van der Waals surface area contributed by atoms with Crippen LogP contribution in [0.5, 0.6) is 0 Å². The first-order valence-electron chi connectivity index (χ1n) is 5.66. The quantitative estimate of drug-likeness (QED) is 0.567. The topological polar surface area (TPSA) is 0 Å². The third-order valence-corrected chi connectivity index (χ3v) is 5.12. The molecule has 0 aliphatic carbocycles. The first-order valence-corrected chi connectivity index (χ1v) is 6.60. The lowest BCUT2D eigenvalue weighted by Gasteiger charge is -2.35. The second-order valence-electron chi connectivity index (χ2n) is 4.92. The highest BCUT2D eigenvalue weighted by Crippen LogP contribution is 2.40. The second-order valence-corrected chi connectivity index (χ2v) is 6.47. The zero-order valence-corrected chi connectivity index (χ0v) is 11.5. The number of thioether (sulfide) groups is 1. The first kappa shape index (κ1) is 14.1. The third-order valence-electron chi connectivity index (χ3n) is 3.01. The lowest BCUT2D eigenvalue weighted by molar-refractivity contribution is 0.359. The second kappa shape index (κ2) is 5.85. The monoisotopic (exact) mass is 214 g/mol. The Morgan fingerprint density at radius 3 is 2.14 bits per heavy atom. The van der Waals surface area contributed by atoms with E-state index in [2.05, 4.69) is 59.9 Å². The van der Waals surface area contributed by atoms with Crippen molar-refractivity contribution < 1.29 is 0 Å². The maximum absolute atomic E-state index is 4.14. The van der Waals surface area contributed by atoms with Crippen molar-refractivity contribution in [3.8, 4) is 0 Å². The lowest BCUT2D eigenvalue weighted by Crippen LogP contribution is -2.28. The van der Waals surface area contributed by atoms with Crippen LogP contribution < -0.4 is 0 Å². The fourth-order valence-corrected chi connectivity index (χ4v) is 2.91. The van der Waals surface area contributed by atoms with Crippen LogP contribution in [0.4, 0.5) is 0 Å². The Labute approximate surface area is 94.6 Å². The van der Waals surface area contributed by atoms with Crippen molar-refractivity contribution >= 4 is 11.8 Å². The van der Waals surface area contributed by atoms with Crippen LogP contribution in [0, 0.1) is 5.41 Å². The zero-order chi connectivity index (χ0) is 11.4. The van der Waals surface area contributed by atoms with E-state index in [0.717, 1.165) is 5.25 Å². The van der Waals surface area contributed by atoms with E-state index in [1.54, 1.807) is 0 Å². The van der Waals surface area contributed by atoms with Crippen LogP contribution in [-0.2, 0) is 0 Å². The van der Waals surface area contributed by atoms with Crippen molar-refractivity contribution in [1.29, 1.82) is 0 Å². The minimum absolute atomic E-state index is 0.375. The van der Waals surface area contributed by atoms with Crippen LogP contribution in [-0.4, -0.2) is 10.5 Å². The standard InChI is InChI=1S/C13H26S/c1-8-11(5)14-12(10(3)4)13(6,7)9-2/h11-12H,3,8-9H2,1-2,4-7H3. The Bertz CT molecular complexity index is 182. The van der Waals surface area contributed by atoms with E-state index in [-0.39, 0.29) is 0 Å². The third kappa shape index (κ3) is 4.08. The summed E-state index contributed by atoms with van der Waals surface area (Å²) < 4.78 is 0. The van der Waals surface area contributed by atoms with Crippen LogP contribution in [0.3, 0.4) is 0 Å². The molecule has 0 radical (unpaired) electrons. The predicted molar refractivity (Wildman–Crippen MR) is 70.0 cm³/mol. The van der Waals surface area contributed by atoms with Gasteiger partial charge in [0.1, 0.15) is 0 Å². The minimum Gasteiger partial charge on any atom is -0.150 e. The van der Waals surface area contributed by atoms with Crippen LogP contribution in [0.15, 0.2) is 12.2 Å². The average molecular weight is 214 g/mol. The van der Waals surface area contributed by atoms with Gasteiger partial charge in [0.15, 0.2) is 0 Å². The van der Waals surface area contributed by atoms with Crippen LogP contribution >= 0.6 is 11.8 Å². The molecule has 0 aliphatic rings. The number of rotatable bonds is 6. The molecule has 14 heavy (non-hydrogen) atoms. The SMILES string of the molecule is C=C(C)C(SC(C)CC)C(C)(C)CC. The highest BCUT2D eigenvalue weighted by Gasteiger charge is 2.29. The summed E-state index contributed by atoms with van der Waals surface area (Å²) in [6.07, 6.45) is 2.46. The molecular formula is C13H26S. The zero-order valence-electron chi connectivity index (χ0n) is 10.7. The molecule has 0 nitrogen and oxygen atoms in total. The molecule has 0 spiro atoms. The van der Waals surface area contributed by atoms with E-state index in [4.69, 9.17) is 0 Å². The Balaban J connectivity index is 4.53. The Morgan fingerprint density at radius 2 is 1.86 bits per heavy atom. The van der Waals surface area contributed by atoms with Gasteiger partial charge in [-0.15, -0.1) is 0 Å². The van der Waals surface area contributed by atoms with Gasteiger partial charge in [0.2, 0.25) is 0 Å². The maximum Gasteiger partial charge on any atom is 0.0304 e. The Hall–Kier alpha value is 0.0900. The average Bonchev–Trinajstić information content (AvgIpc) is 2.12. The van der Waals surface area contributed by atoms with Gasteiger partial charge in [-0.1, -0.05) is 46.8 Å². The van der Waals surface area contributed by atoms with E-state index < -0.39 is 0 Å². The molecule has 2 unspecified atom stereocenters. The smallest absolute Gasteiger partial charge is 0.0304 e. The Kier molecular flexibility index (Phi) is 5.88. The molecule has 0 heterocycles. The maximum atomic E-state index is 4.14. The van der Waals surface area contributed by atoms with Gasteiger partial charge in [-0.3, -0.25) is 0 Å². The molecule has 84 valence electrons. The molecule has 0 bridgehead atoms. The molecule has 0 saturated carbocycles. The van der Waals surface area contributed by atoms with Crippen LogP contribution in [0.2, 0.25) is 0 Å². The fraction of sp³-hybridized carbons (Fsp3) is 0.846. The van der Waals surface area contributed by atoms with Crippen molar-refractivity contribution in [2.45, 2.75) is 64.9 Å². The number of hydrogen-bond acceptors (Lipinski definition) is 1. The largest absolute Gasteiger partial charge is 0.150 e.